The Kier molecular flexibility index (Phi) is 4.12. The highest BCUT2D eigenvalue weighted by atomic mass is 19.2. The van der Waals surface area contributed by atoms with Crippen molar-refractivity contribution in [3.63, 3.8) is 0 Å². The number of benzene rings is 1. The number of ketones is 1. The molecule has 1 atom stereocenters. The quantitative estimate of drug-likeness (QED) is 0.741. The van der Waals surface area contributed by atoms with E-state index in [1.54, 1.807) is 0 Å². The monoisotopic (exact) mass is 228 g/mol. The molecule has 0 aromatic heterocycles. The number of Topliss-reactive ketones (excluding diaryl/α,β-unsaturated/α-hetero) is 1. The van der Waals surface area contributed by atoms with Crippen LogP contribution < -0.4 is 0 Å². The number of rotatable bonds is 4. The lowest BCUT2D eigenvalue weighted by atomic mass is 9.97. The fraction of sp³-hybridized carbons (Fsp3) is 0.417. The van der Waals surface area contributed by atoms with Crippen molar-refractivity contribution >= 4 is 5.78 Å². The van der Waals surface area contributed by atoms with Crippen LogP contribution in [0.5, 0.6) is 0 Å². The lowest BCUT2D eigenvalue weighted by Gasteiger charge is -2.17. The number of hydrogen-bond donors (Lipinski definition) is 0. The Morgan fingerprint density at radius 1 is 1.25 bits per heavy atom. The maximum absolute atomic E-state index is 12.9. The normalized spacial score (nSPS) is 12.9. The first kappa shape index (κ1) is 12.8. The van der Waals surface area contributed by atoms with Gasteiger partial charge in [0.05, 0.1) is 0 Å². The Balaban J connectivity index is 2.99. The first-order valence-electron chi connectivity index (χ1n) is 4.99. The van der Waals surface area contributed by atoms with E-state index in [9.17, 15) is 13.6 Å². The summed E-state index contributed by atoms with van der Waals surface area (Å²) in [4.78, 5) is 11.9. The molecule has 1 rings (SSSR count). The van der Waals surface area contributed by atoms with Gasteiger partial charge in [-0.3, -0.25) is 4.79 Å². The second-order valence-electron chi connectivity index (χ2n) is 3.89. The fourth-order valence-electron chi connectivity index (χ4n) is 1.50. The third kappa shape index (κ3) is 2.64. The summed E-state index contributed by atoms with van der Waals surface area (Å²) in [6, 6.07) is 3.09. The summed E-state index contributed by atoms with van der Waals surface area (Å²) in [6.45, 7) is 3.65. The number of carbonyl (C=O) groups excluding carboxylic acids is 1. The van der Waals surface area contributed by atoms with Crippen molar-refractivity contribution in [1.29, 1.82) is 0 Å². The summed E-state index contributed by atoms with van der Waals surface area (Å²) in [5, 5.41) is 0. The molecular weight excluding hydrogens is 214 g/mol. The molecule has 0 aliphatic carbocycles. The molecule has 88 valence electrons. The smallest absolute Gasteiger partial charge is 0.191 e. The van der Waals surface area contributed by atoms with Gasteiger partial charge in [0.2, 0.25) is 0 Å². The van der Waals surface area contributed by atoms with Gasteiger partial charge in [-0.05, 0) is 24.1 Å². The van der Waals surface area contributed by atoms with Crippen LogP contribution in [0, 0.1) is 17.6 Å². The van der Waals surface area contributed by atoms with E-state index in [2.05, 4.69) is 0 Å². The minimum Gasteiger partial charge on any atom is -0.373 e. The molecule has 1 aromatic rings. The van der Waals surface area contributed by atoms with E-state index in [4.69, 9.17) is 4.74 Å². The molecule has 1 unspecified atom stereocenters. The lowest BCUT2D eigenvalue weighted by Crippen LogP contribution is -2.28. The number of carbonyl (C=O) groups is 1. The van der Waals surface area contributed by atoms with Gasteiger partial charge in [0.15, 0.2) is 17.4 Å². The SMILES string of the molecule is COC(C(=O)c1ccc(F)c(F)c1)C(C)C. The van der Waals surface area contributed by atoms with Gasteiger partial charge in [0, 0.05) is 12.7 Å². The molecule has 0 saturated heterocycles. The van der Waals surface area contributed by atoms with Crippen LogP contribution in [0.3, 0.4) is 0 Å². The maximum atomic E-state index is 12.9. The van der Waals surface area contributed by atoms with Crippen LogP contribution in [0.25, 0.3) is 0 Å². The van der Waals surface area contributed by atoms with Crippen LogP contribution in [0.15, 0.2) is 18.2 Å². The van der Waals surface area contributed by atoms with E-state index in [0.717, 1.165) is 12.1 Å². The van der Waals surface area contributed by atoms with Crippen LogP contribution in [0.1, 0.15) is 24.2 Å². The minimum atomic E-state index is -1.02. The second-order valence-corrected chi connectivity index (χ2v) is 3.89. The van der Waals surface area contributed by atoms with Crippen LogP contribution in [0.2, 0.25) is 0 Å². The van der Waals surface area contributed by atoms with Crippen LogP contribution in [-0.4, -0.2) is 19.0 Å². The third-order valence-corrected chi connectivity index (χ3v) is 2.32. The predicted octanol–water partition coefficient (Wildman–Crippen LogP) is 2.82. The summed E-state index contributed by atoms with van der Waals surface area (Å²) in [6.07, 6.45) is -0.634. The topological polar surface area (TPSA) is 26.3 Å². The standard InChI is InChI=1S/C12H14F2O2/c1-7(2)12(16-3)11(15)8-4-5-9(13)10(14)6-8/h4-7,12H,1-3H3. The molecule has 0 aliphatic heterocycles. The first-order valence-corrected chi connectivity index (χ1v) is 4.99. The highest BCUT2D eigenvalue weighted by molar-refractivity contribution is 5.99. The van der Waals surface area contributed by atoms with Crippen molar-refractivity contribution in [3.05, 3.63) is 35.4 Å². The fourth-order valence-corrected chi connectivity index (χ4v) is 1.50. The average molecular weight is 228 g/mol. The minimum absolute atomic E-state index is 0.0226. The van der Waals surface area contributed by atoms with E-state index in [1.165, 1.54) is 13.2 Å². The number of halogens is 2. The van der Waals surface area contributed by atoms with Gasteiger partial charge in [0.25, 0.3) is 0 Å². The molecule has 0 aliphatic rings. The molecule has 0 amide bonds. The molecule has 0 fully saturated rings. The van der Waals surface area contributed by atoms with Crippen molar-refractivity contribution in [3.8, 4) is 0 Å². The molecule has 0 bridgehead atoms. The Bertz CT molecular complexity index is 389. The van der Waals surface area contributed by atoms with E-state index >= 15 is 0 Å². The molecule has 0 saturated carbocycles. The summed E-state index contributed by atoms with van der Waals surface area (Å²) >= 11 is 0. The van der Waals surface area contributed by atoms with Gasteiger partial charge in [-0.25, -0.2) is 8.78 Å². The summed E-state index contributed by atoms with van der Waals surface area (Å²) in [5.41, 5.74) is 0.124. The van der Waals surface area contributed by atoms with Gasteiger partial charge < -0.3 is 4.74 Å². The second kappa shape index (κ2) is 5.16. The largest absolute Gasteiger partial charge is 0.373 e. The van der Waals surface area contributed by atoms with Crippen molar-refractivity contribution in [1.82, 2.24) is 0 Å². The molecule has 2 nitrogen and oxygen atoms in total. The number of methoxy groups -OCH3 is 1. The maximum Gasteiger partial charge on any atom is 0.191 e. The molecular formula is C12H14F2O2. The van der Waals surface area contributed by atoms with Crippen molar-refractivity contribution in [2.45, 2.75) is 20.0 Å². The van der Waals surface area contributed by atoms with Crippen molar-refractivity contribution in [2.75, 3.05) is 7.11 Å². The molecule has 0 radical (unpaired) electrons. The van der Waals surface area contributed by atoms with Crippen LogP contribution in [0.4, 0.5) is 8.78 Å². The van der Waals surface area contributed by atoms with Gasteiger partial charge in [0.1, 0.15) is 6.10 Å². The van der Waals surface area contributed by atoms with E-state index in [-0.39, 0.29) is 17.3 Å². The molecule has 1 aromatic carbocycles. The Morgan fingerprint density at radius 2 is 1.88 bits per heavy atom. The van der Waals surface area contributed by atoms with Gasteiger partial charge in [-0.2, -0.15) is 0 Å². The molecule has 0 spiro atoms. The Morgan fingerprint density at radius 3 is 2.31 bits per heavy atom. The van der Waals surface area contributed by atoms with Crippen molar-refractivity contribution < 1.29 is 18.3 Å². The molecule has 16 heavy (non-hydrogen) atoms. The summed E-state index contributed by atoms with van der Waals surface area (Å²) in [5.74, 6) is -2.35. The first-order chi connectivity index (χ1) is 7.47. The van der Waals surface area contributed by atoms with E-state index in [0.29, 0.717) is 0 Å². The number of ether oxygens (including phenoxy) is 1. The van der Waals surface area contributed by atoms with E-state index < -0.39 is 17.7 Å². The third-order valence-electron chi connectivity index (χ3n) is 2.32. The zero-order valence-corrected chi connectivity index (χ0v) is 9.46. The zero-order chi connectivity index (χ0) is 12.3. The molecule has 0 N–H and O–H groups in total. The van der Waals surface area contributed by atoms with Crippen LogP contribution >= 0.6 is 0 Å². The highest BCUT2D eigenvalue weighted by Gasteiger charge is 2.23. The zero-order valence-electron chi connectivity index (χ0n) is 9.46. The summed E-state index contributed by atoms with van der Waals surface area (Å²) in [7, 11) is 1.42. The van der Waals surface area contributed by atoms with Gasteiger partial charge in [-0.15, -0.1) is 0 Å². The lowest BCUT2D eigenvalue weighted by molar-refractivity contribution is 0.0458. The Hall–Kier alpha value is -1.29. The summed E-state index contributed by atoms with van der Waals surface area (Å²) < 4.78 is 30.7. The predicted molar refractivity (Wildman–Crippen MR) is 56.3 cm³/mol. The average Bonchev–Trinajstić information content (AvgIpc) is 2.22. The Labute approximate surface area is 93.2 Å². The van der Waals surface area contributed by atoms with E-state index in [1.807, 2.05) is 13.8 Å². The number of hydrogen-bond acceptors (Lipinski definition) is 2. The van der Waals surface area contributed by atoms with Gasteiger partial charge in [-0.1, -0.05) is 13.8 Å². The highest BCUT2D eigenvalue weighted by Crippen LogP contribution is 2.15. The molecule has 0 heterocycles. The van der Waals surface area contributed by atoms with Gasteiger partial charge >= 0.3 is 0 Å². The van der Waals surface area contributed by atoms with Crippen LogP contribution in [-0.2, 0) is 4.74 Å². The molecule has 4 heteroatoms. The van der Waals surface area contributed by atoms with Crippen molar-refractivity contribution in [2.24, 2.45) is 5.92 Å².